The Balaban J connectivity index is 2.17. The van der Waals surface area contributed by atoms with Crippen molar-refractivity contribution in [2.75, 3.05) is 0 Å². The third-order valence-electron chi connectivity index (χ3n) is 3.96. The predicted molar refractivity (Wildman–Crippen MR) is 78.7 cm³/mol. The van der Waals surface area contributed by atoms with E-state index in [2.05, 4.69) is 5.10 Å². The van der Waals surface area contributed by atoms with Crippen LogP contribution in [0.2, 0.25) is 0 Å². The third kappa shape index (κ3) is 2.38. The lowest BCUT2D eigenvalue weighted by molar-refractivity contribution is -0.137. The third-order valence-corrected chi connectivity index (χ3v) is 3.96. The second-order valence-corrected chi connectivity index (χ2v) is 5.47. The molecule has 8 heteroatoms. The molecule has 1 aliphatic heterocycles. The van der Waals surface area contributed by atoms with Gasteiger partial charge in [0.05, 0.1) is 22.7 Å². The average Bonchev–Trinajstić information content (AvgIpc) is 2.79. The first-order valence-corrected chi connectivity index (χ1v) is 7.02. The van der Waals surface area contributed by atoms with E-state index in [1.807, 2.05) is 6.07 Å². The Morgan fingerprint density at radius 2 is 1.92 bits per heavy atom. The Bertz CT molecular complexity index is 872. The minimum absolute atomic E-state index is 0.0714. The number of alkyl halides is 3. The number of fused-ring (bicyclic) bond motifs is 1. The zero-order valence-electron chi connectivity index (χ0n) is 12.8. The SMILES string of the molecule is Cc1nn(C)c2c1C(c1ccc(C(F)(F)F)cc1)C(C#N)=C(N)O2. The lowest BCUT2D eigenvalue weighted by atomic mass is 9.84. The summed E-state index contributed by atoms with van der Waals surface area (Å²) in [5.41, 5.74) is 6.99. The van der Waals surface area contributed by atoms with Crippen LogP contribution in [0.3, 0.4) is 0 Å². The van der Waals surface area contributed by atoms with Crippen molar-refractivity contribution in [1.29, 1.82) is 5.26 Å². The quantitative estimate of drug-likeness (QED) is 0.870. The zero-order chi connectivity index (χ0) is 17.6. The maximum absolute atomic E-state index is 12.8. The molecule has 1 aromatic carbocycles. The maximum Gasteiger partial charge on any atom is 0.416 e. The number of benzene rings is 1. The molecule has 0 spiro atoms. The van der Waals surface area contributed by atoms with Crippen LogP contribution in [0.5, 0.6) is 5.88 Å². The molecule has 2 aromatic rings. The van der Waals surface area contributed by atoms with Gasteiger partial charge in [0, 0.05) is 7.05 Å². The van der Waals surface area contributed by atoms with E-state index >= 15 is 0 Å². The van der Waals surface area contributed by atoms with E-state index in [-0.39, 0.29) is 11.5 Å². The van der Waals surface area contributed by atoms with Gasteiger partial charge in [0.15, 0.2) is 0 Å². The molecule has 2 N–H and O–H groups in total. The van der Waals surface area contributed by atoms with Crippen molar-refractivity contribution in [2.45, 2.75) is 19.0 Å². The smallest absolute Gasteiger partial charge is 0.416 e. The first-order valence-electron chi connectivity index (χ1n) is 7.02. The van der Waals surface area contributed by atoms with E-state index in [1.165, 1.54) is 16.8 Å². The Morgan fingerprint density at radius 3 is 2.46 bits per heavy atom. The van der Waals surface area contributed by atoms with Gasteiger partial charge < -0.3 is 10.5 Å². The van der Waals surface area contributed by atoms with Crippen LogP contribution in [0, 0.1) is 18.3 Å². The highest BCUT2D eigenvalue weighted by Crippen LogP contribution is 2.43. The molecule has 0 fully saturated rings. The Hall–Kier alpha value is -2.95. The molecule has 0 radical (unpaired) electrons. The van der Waals surface area contributed by atoms with Gasteiger partial charge in [0.2, 0.25) is 11.8 Å². The second-order valence-electron chi connectivity index (χ2n) is 5.47. The molecule has 5 nitrogen and oxygen atoms in total. The van der Waals surface area contributed by atoms with Crippen LogP contribution in [-0.4, -0.2) is 9.78 Å². The Kier molecular flexibility index (Phi) is 3.52. The van der Waals surface area contributed by atoms with Crippen molar-refractivity contribution in [3.8, 4) is 11.9 Å². The number of nitrogens with two attached hydrogens (primary N) is 1. The molecule has 0 amide bonds. The lowest BCUT2D eigenvalue weighted by Gasteiger charge is -2.24. The number of halogens is 3. The average molecular weight is 334 g/mol. The van der Waals surface area contributed by atoms with Crippen LogP contribution in [0.1, 0.15) is 28.3 Å². The monoisotopic (exact) mass is 334 g/mol. The number of hydrogen-bond donors (Lipinski definition) is 1. The summed E-state index contributed by atoms with van der Waals surface area (Å²) in [6.45, 7) is 1.75. The number of nitrogens with zero attached hydrogens (tertiary/aromatic N) is 3. The fourth-order valence-electron chi connectivity index (χ4n) is 2.87. The topological polar surface area (TPSA) is 76.9 Å². The van der Waals surface area contributed by atoms with Crippen LogP contribution >= 0.6 is 0 Å². The standard InChI is InChI=1S/C16H13F3N4O/c1-8-12-13(9-3-5-10(6-4-9)16(17,18)19)11(7-20)14(21)24-15(12)23(2)22-8/h3-6,13H,21H2,1-2H3. The number of nitriles is 1. The molecule has 1 unspecified atom stereocenters. The molecular weight excluding hydrogens is 321 g/mol. The largest absolute Gasteiger partial charge is 0.422 e. The van der Waals surface area contributed by atoms with Gasteiger partial charge in [-0.3, -0.25) is 0 Å². The zero-order valence-corrected chi connectivity index (χ0v) is 12.8. The molecule has 1 atom stereocenters. The number of aryl methyl sites for hydroxylation is 2. The maximum atomic E-state index is 12.8. The summed E-state index contributed by atoms with van der Waals surface area (Å²) in [4.78, 5) is 0. The van der Waals surface area contributed by atoms with E-state index in [0.717, 1.165) is 12.1 Å². The van der Waals surface area contributed by atoms with Crippen LogP contribution < -0.4 is 10.5 Å². The number of aromatic nitrogens is 2. The first kappa shape index (κ1) is 15.9. The van der Waals surface area contributed by atoms with E-state index in [0.29, 0.717) is 22.7 Å². The normalized spacial score (nSPS) is 17.2. The van der Waals surface area contributed by atoms with Crippen LogP contribution in [-0.2, 0) is 13.2 Å². The molecule has 24 heavy (non-hydrogen) atoms. The second kappa shape index (κ2) is 5.30. The lowest BCUT2D eigenvalue weighted by Crippen LogP contribution is -2.22. The highest BCUT2D eigenvalue weighted by Gasteiger charge is 2.36. The molecule has 2 heterocycles. The van der Waals surface area contributed by atoms with Crippen LogP contribution in [0.15, 0.2) is 35.7 Å². The predicted octanol–water partition coefficient (Wildman–Crippen LogP) is 2.97. The molecular formula is C16H13F3N4O. The van der Waals surface area contributed by atoms with Gasteiger partial charge in [0.1, 0.15) is 11.6 Å². The number of allylic oxidation sites excluding steroid dienone is 1. The molecule has 3 rings (SSSR count). The fourth-order valence-corrected chi connectivity index (χ4v) is 2.87. The number of rotatable bonds is 1. The highest BCUT2D eigenvalue weighted by atomic mass is 19.4. The molecule has 0 saturated carbocycles. The van der Waals surface area contributed by atoms with E-state index in [9.17, 15) is 18.4 Å². The van der Waals surface area contributed by atoms with Gasteiger partial charge >= 0.3 is 6.18 Å². The molecule has 0 bridgehead atoms. The molecule has 0 saturated heterocycles. The minimum atomic E-state index is -4.42. The van der Waals surface area contributed by atoms with Gasteiger partial charge in [0.25, 0.3) is 0 Å². The molecule has 1 aromatic heterocycles. The van der Waals surface area contributed by atoms with E-state index < -0.39 is 17.7 Å². The van der Waals surface area contributed by atoms with Crippen molar-refractivity contribution in [3.63, 3.8) is 0 Å². The van der Waals surface area contributed by atoms with Crippen molar-refractivity contribution in [1.82, 2.24) is 9.78 Å². The minimum Gasteiger partial charge on any atom is -0.422 e. The summed E-state index contributed by atoms with van der Waals surface area (Å²) in [6.07, 6.45) is -4.42. The van der Waals surface area contributed by atoms with E-state index in [1.54, 1.807) is 14.0 Å². The Morgan fingerprint density at radius 1 is 1.29 bits per heavy atom. The van der Waals surface area contributed by atoms with E-state index in [4.69, 9.17) is 10.5 Å². The van der Waals surface area contributed by atoms with Gasteiger partial charge in [-0.15, -0.1) is 0 Å². The van der Waals surface area contributed by atoms with Crippen molar-refractivity contribution in [2.24, 2.45) is 12.8 Å². The summed E-state index contributed by atoms with van der Waals surface area (Å²) < 4.78 is 45.2. The molecule has 1 aliphatic rings. The summed E-state index contributed by atoms with van der Waals surface area (Å²) in [7, 11) is 1.67. The van der Waals surface area contributed by atoms with Gasteiger partial charge in [-0.25, -0.2) is 4.68 Å². The Labute approximate surface area is 135 Å². The van der Waals surface area contributed by atoms with Crippen molar-refractivity contribution >= 4 is 0 Å². The molecule has 0 aliphatic carbocycles. The van der Waals surface area contributed by atoms with Gasteiger partial charge in [-0.05, 0) is 24.6 Å². The number of ether oxygens (including phenoxy) is 1. The molecule has 124 valence electrons. The summed E-state index contributed by atoms with van der Waals surface area (Å²) >= 11 is 0. The van der Waals surface area contributed by atoms with Crippen LogP contribution in [0.25, 0.3) is 0 Å². The van der Waals surface area contributed by atoms with Crippen molar-refractivity contribution in [3.05, 3.63) is 58.1 Å². The summed E-state index contributed by atoms with van der Waals surface area (Å²) in [5.74, 6) is -0.304. The summed E-state index contributed by atoms with van der Waals surface area (Å²) in [5, 5.41) is 13.7. The van der Waals surface area contributed by atoms with Gasteiger partial charge in [-0.2, -0.15) is 23.5 Å². The van der Waals surface area contributed by atoms with Gasteiger partial charge in [-0.1, -0.05) is 12.1 Å². The number of hydrogen-bond acceptors (Lipinski definition) is 4. The first-order chi connectivity index (χ1) is 11.2. The van der Waals surface area contributed by atoms with Crippen molar-refractivity contribution < 1.29 is 17.9 Å². The van der Waals surface area contributed by atoms with Crippen LogP contribution in [0.4, 0.5) is 13.2 Å². The summed E-state index contributed by atoms with van der Waals surface area (Å²) in [6, 6.07) is 6.66. The fraction of sp³-hybridized carbons (Fsp3) is 0.250. The highest BCUT2D eigenvalue weighted by molar-refractivity contribution is 5.55.